The minimum absolute atomic E-state index is 0. The van der Waals surface area contributed by atoms with Crippen LogP contribution in [0.2, 0.25) is 0 Å². The van der Waals surface area contributed by atoms with Crippen molar-refractivity contribution in [3.63, 3.8) is 0 Å². The van der Waals surface area contributed by atoms with Crippen LogP contribution in [0.5, 0.6) is 0 Å². The fourth-order valence-electron chi connectivity index (χ4n) is 5.55. The van der Waals surface area contributed by atoms with Crippen LogP contribution in [0.15, 0.2) is 104 Å². The van der Waals surface area contributed by atoms with Gasteiger partial charge < -0.3 is 45.9 Å². The second-order valence-electron chi connectivity index (χ2n) is 10.6. The van der Waals surface area contributed by atoms with E-state index in [0.29, 0.717) is 22.3 Å². The molecule has 0 radical (unpaired) electrons. The van der Waals surface area contributed by atoms with E-state index in [9.17, 15) is 0 Å². The topological polar surface area (TPSA) is 124 Å². The Morgan fingerprint density at radius 3 is 1.31 bits per heavy atom. The average Bonchev–Trinajstić information content (AvgIpc) is 3.88. The number of fused-ring (bicyclic) bond motifs is 4. The summed E-state index contributed by atoms with van der Waals surface area (Å²) in [6.07, 6.45) is 26.8. The minimum Gasteiger partial charge on any atom is -0.507 e. The number of benzene rings is 2. The van der Waals surface area contributed by atoms with Gasteiger partial charge in [-0.05, 0) is 23.3 Å². The summed E-state index contributed by atoms with van der Waals surface area (Å²) in [6, 6.07) is 10.5. The van der Waals surface area contributed by atoms with Crippen LogP contribution in [0.25, 0.3) is 78.0 Å². The van der Waals surface area contributed by atoms with Crippen molar-refractivity contribution in [1.82, 2.24) is 38.2 Å². The van der Waals surface area contributed by atoms with E-state index >= 15 is 0 Å². The van der Waals surface area contributed by atoms with Crippen LogP contribution >= 0.6 is 0 Å². The first-order valence-electron chi connectivity index (χ1n) is 14.1. The zero-order valence-corrected chi connectivity index (χ0v) is 29.5. The second kappa shape index (κ2) is 12.4. The van der Waals surface area contributed by atoms with Crippen molar-refractivity contribution in [2.24, 2.45) is 14.1 Å². The van der Waals surface area contributed by atoms with Gasteiger partial charge in [-0.2, -0.15) is 0 Å². The predicted molar refractivity (Wildman–Crippen MR) is 166 cm³/mol. The van der Waals surface area contributed by atoms with Gasteiger partial charge in [-0.3, -0.25) is 0 Å². The van der Waals surface area contributed by atoms with Crippen molar-refractivity contribution in [3.05, 3.63) is 112 Å². The molecular formula is C34H20N8O4Pt2. The number of rotatable bonds is 4. The molecule has 8 heterocycles. The molecule has 0 unspecified atom stereocenters. The largest absolute Gasteiger partial charge is 2.00 e. The molecule has 10 rings (SSSR count). The summed E-state index contributed by atoms with van der Waals surface area (Å²) in [6.45, 7) is 0. The molecule has 0 amide bonds. The molecule has 0 spiro atoms. The van der Waals surface area contributed by atoms with Crippen molar-refractivity contribution >= 4 is 43.9 Å². The fourth-order valence-corrected chi connectivity index (χ4v) is 5.55. The zero-order valence-electron chi connectivity index (χ0n) is 24.9. The fraction of sp³-hybridized carbons (Fsp3) is 0.0588. The predicted octanol–water partition coefficient (Wildman–Crippen LogP) is 6.73. The van der Waals surface area contributed by atoms with E-state index < -0.39 is 0 Å². The van der Waals surface area contributed by atoms with Gasteiger partial charge >= 0.3 is 42.1 Å². The van der Waals surface area contributed by atoms with Crippen molar-refractivity contribution < 1.29 is 59.8 Å². The van der Waals surface area contributed by atoms with Gasteiger partial charge in [0.1, 0.15) is 11.6 Å². The molecule has 2 aromatic carbocycles. The first kappa shape index (κ1) is 31.4. The zero-order chi connectivity index (χ0) is 30.8. The molecule has 0 aliphatic carbocycles. The van der Waals surface area contributed by atoms with Gasteiger partial charge in [0.05, 0.1) is 47.4 Å². The number of nitrogens with zero attached hydrogens (tertiary/aromatic N) is 8. The Balaban J connectivity index is 0.000000146. The number of furan rings is 4. The van der Waals surface area contributed by atoms with E-state index in [4.69, 9.17) is 17.7 Å². The van der Waals surface area contributed by atoms with Crippen molar-refractivity contribution in [1.29, 1.82) is 0 Å². The summed E-state index contributed by atoms with van der Waals surface area (Å²) in [5.74, 6) is 1.66. The van der Waals surface area contributed by atoms with Gasteiger partial charge in [-0.1, -0.05) is 46.3 Å². The second-order valence-corrected chi connectivity index (χ2v) is 10.6. The van der Waals surface area contributed by atoms with E-state index in [-0.39, 0.29) is 42.1 Å². The molecule has 0 bridgehead atoms. The van der Waals surface area contributed by atoms with E-state index in [0.717, 1.165) is 55.7 Å². The SMILES string of the molecule is Cn1ccnc1-c1coc2cc3occ(-n4[c-]ncc4)c3[c-]c12.Cn1ccnc1-c1coc2cc3occ(-n4[c-]ncc4)c3[c-]c12.[Pt+2].[Pt+2]. The Hall–Kier alpha value is -5.18. The summed E-state index contributed by atoms with van der Waals surface area (Å²) in [4.78, 5) is 16.7. The Labute approximate surface area is 300 Å². The average molecular weight is 995 g/mol. The maximum absolute atomic E-state index is 5.66. The van der Waals surface area contributed by atoms with Gasteiger partial charge in [0.15, 0.2) is 0 Å². The number of aromatic nitrogens is 8. The Morgan fingerprint density at radius 2 is 0.938 bits per heavy atom. The number of aryl methyl sites for hydroxylation is 2. The molecule has 0 atom stereocenters. The minimum atomic E-state index is 0. The van der Waals surface area contributed by atoms with Crippen LogP contribution in [0, 0.1) is 24.8 Å². The normalized spacial score (nSPS) is 11.2. The standard InChI is InChI=1S/2C17H10N4O2.2Pt/c2*1-20-4-3-19-17(20)13-8-22-15-7-16-12(6-11(13)15)14(9-23-16)21-5-2-18-10-21;;/h2*2-5,7-9H,1H3;;/q2*-2;2*+2. The summed E-state index contributed by atoms with van der Waals surface area (Å²) in [7, 11) is 3.90. The summed E-state index contributed by atoms with van der Waals surface area (Å²) in [5, 5.41) is 3.44. The van der Waals surface area contributed by atoms with Crippen LogP contribution in [0.4, 0.5) is 0 Å². The van der Waals surface area contributed by atoms with E-state index in [1.165, 1.54) is 0 Å². The number of imidazole rings is 4. The molecular weight excluding hydrogens is 975 g/mol. The Kier molecular flexibility index (Phi) is 8.15. The van der Waals surface area contributed by atoms with Crippen LogP contribution in [0.3, 0.4) is 0 Å². The Morgan fingerprint density at radius 1 is 0.521 bits per heavy atom. The number of hydrogen-bond acceptors (Lipinski definition) is 8. The molecule has 10 aromatic rings. The summed E-state index contributed by atoms with van der Waals surface area (Å²) >= 11 is 0. The molecule has 240 valence electrons. The van der Waals surface area contributed by atoms with Crippen molar-refractivity contribution in [2.45, 2.75) is 0 Å². The van der Waals surface area contributed by atoms with E-state index in [2.05, 4.69) is 44.7 Å². The molecule has 0 N–H and O–H groups in total. The summed E-state index contributed by atoms with van der Waals surface area (Å²) in [5.41, 5.74) is 6.31. The molecule has 0 saturated heterocycles. The van der Waals surface area contributed by atoms with Crippen molar-refractivity contribution in [2.75, 3.05) is 0 Å². The van der Waals surface area contributed by atoms with E-state index in [1.807, 2.05) is 60.1 Å². The molecule has 14 heteroatoms. The quantitative estimate of drug-likeness (QED) is 0.178. The first-order chi connectivity index (χ1) is 22.6. The van der Waals surface area contributed by atoms with Crippen LogP contribution < -0.4 is 0 Å². The van der Waals surface area contributed by atoms with Gasteiger partial charge in [0, 0.05) is 62.9 Å². The van der Waals surface area contributed by atoms with Crippen LogP contribution in [-0.2, 0) is 56.2 Å². The third-order valence-corrected chi connectivity index (χ3v) is 7.82. The van der Waals surface area contributed by atoms with Gasteiger partial charge in [0.2, 0.25) is 0 Å². The van der Waals surface area contributed by atoms with Crippen LogP contribution in [0.1, 0.15) is 0 Å². The van der Waals surface area contributed by atoms with Gasteiger partial charge in [-0.15, -0.1) is 12.1 Å². The Bertz CT molecular complexity index is 2450. The van der Waals surface area contributed by atoms with Gasteiger partial charge in [0.25, 0.3) is 0 Å². The molecule has 0 aliphatic heterocycles. The molecule has 0 fully saturated rings. The monoisotopic (exact) mass is 994 g/mol. The van der Waals surface area contributed by atoms with Crippen LogP contribution in [-0.4, -0.2) is 38.2 Å². The first-order valence-corrected chi connectivity index (χ1v) is 14.1. The van der Waals surface area contributed by atoms with Gasteiger partial charge in [-0.25, -0.2) is 9.97 Å². The third kappa shape index (κ3) is 5.08. The molecule has 0 saturated carbocycles. The number of hydrogen-bond donors (Lipinski definition) is 0. The van der Waals surface area contributed by atoms with E-state index in [1.54, 1.807) is 59.0 Å². The maximum Gasteiger partial charge on any atom is 2.00 e. The molecule has 12 nitrogen and oxygen atoms in total. The summed E-state index contributed by atoms with van der Waals surface area (Å²) < 4.78 is 30.0. The maximum atomic E-state index is 5.66. The molecule has 48 heavy (non-hydrogen) atoms. The smallest absolute Gasteiger partial charge is 0.507 e. The third-order valence-electron chi connectivity index (χ3n) is 7.82. The van der Waals surface area contributed by atoms with Crippen molar-refractivity contribution in [3.8, 4) is 34.2 Å². The molecule has 0 aliphatic rings. The molecule has 8 aromatic heterocycles.